The van der Waals surface area contributed by atoms with Gasteiger partial charge >= 0.3 is 0 Å². The summed E-state index contributed by atoms with van der Waals surface area (Å²) in [5, 5.41) is 8.89. The Labute approximate surface area is 301 Å². The fourth-order valence-corrected chi connectivity index (χ4v) is 8.09. The summed E-state index contributed by atoms with van der Waals surface area (Å²) in [5.74, 6) is 0.409. The Morgan fingerprint density at radius 3 is 1.35 bits per heavy atom. The molecule has 1 unspecified atom stereocenters. The number of carbonyl (C=O) groups excluding carboxylic acids is 1. The summed E-state index contributed by atoms with van der Waals surface area (Å²) in [4.78, 5) is 15.4. The molecule has 0 aliphatic carbocycles. The molecular weight excluding hydrogens is 613 g/mol. The Kier molecular flexibility index (Phi) is 35.5. The number of hydrogen-bond acceptors (Lipinski definition) is 5. The predicted octanol–water partition coefficient (Wildman–Crippen LogP) is 13.3. The van der Waals surface area contributed by atoms with Crippen molar-refractivity contribution in [3.05, 3.63) is 0 Å². The van der Waals surface area contributed by atoms with Crippen LogP contribution in [0.15, 0.2) is 0 Å². The quantitative estimate of drug-likeness (QED) is 0.0478. The van der Waals surface area contributed by atoms with Crippen molar-refractivity contribution in [2.24, 2.45) is 0 Å². The lowest BCUT2D eigenvalue weighted by molar-refractivity contribution is -0.131. The van der Waals surface area contributed by atoms with E-state index < -0.39 is 8.53 Å². The van der Waals surface area contributed by atoms with Gasteiger partial charge in [-0.3, -0.25) is 4.79 Å². The van der Waals surface area contributed by atoms with Gasteiger partial charge in [-0.2, -0.15) is 5.26 Å². The zero-order valence-corrected chi connectivity index (χ0v) is 34.0. The van der Waals surface area contributed by atoms with Crippen molar-refractivity contribution in [2.75, 3.05) is 26.3 Å². The molecule has 0 heterocycles. The van der Waals surface area contributed by atoms with Gasteiger partial charge in [0.25, 0.3) is 8.53 Å². The second kappa shape index (κ2) is 36.1. The number of hydrogen-bond donors (Lipinski definition) is 0. The lowest BCUT2D eigenvalue weighted by atomic mass is 10.1. The summed E-state index contributed by atoms with van der Waals surface area (Å²) < 4.78 is 14.5. The van der Waals surface area contributed by atoms with Gasteiger partial charge in [-0.05, 0) is 53.4 Å². The van der Waals surface area contributed by atoms with Crippen LogP contribution in [0.4, 0.5) is 0 Å². The maximum atomic E-state index is 13.2. The van der Waals surface area contributed by atoms with E-state index in [-0.39, 0.29) is 0 Å². The van der Waals surface area contributed by atoms with Gasteiger partial charge < -0.3 is 13.9 Å². The maximum absolute atomic E-state index is 13.2. The third kappa shape index (κ3) is 29.0. The molecule has 0 bridgehead atoms. The largest absolute Gasteiger partial charge is 0.343 e. The molecule has 6 nitrogen and oxygen atoms in total. The highest BCUT2D eigenvalue weighted by molar-refractivity contribution is 7.44. The number of nitrogens with zero attached hydrogens (tertiary/aromatic N) is 3. The van der Waals surface area contributed by atoms with Crippen molar-refractivity contribution in [1.29, 1.82) is 5.26 Å². The smallest absolute Gasteiger partial charge is 0.259 e. The zero-order valence-electron chi connectivity index (χ0n) is 33.1. The van der Waals surface area contributed by atoms with Crippen LogP contribution in [0.3, 0.4) is 0 Å². The molecule has 0 radical (unpaired) electrons. The van der Waals surface area contributed by atoms with E-state index in [0.29, 0.717) is 31.0 Å². The van der Waals surface area contributed by atoms with Crippen molar-refractivity contribution in [1.82, 2.24) is 9.57 Å². The lowest BCUT2D eigenvalue weighted by Crippen LogP contribution is -2.33. The summed E-state index contributed by atoms with van der Waals surface area (Å²) in [7, 11) is -1.12. The maximum Gasteiger partial charge on any atom is 0.259 e. The number of unbranched alkanes of at least 4 members (excludes halogenated alkanes) is 22. The van der Waals surface area contributed by atoms with Crippen LogP contribution in [0.5, 0.6) is 0 Å². The monoisotopic (exact) mass is 696 g/mol. The van der Waals surface area contributed by atoms with E-state index in [9.17, 15) is 4.79 Å². The highest BCUT2D eigenvalue weighted by atomic mass is 31.2. The average molecular weight is 696 g/mol. The Balaban J connectivity index is 4.18. The van der Waals surface area contributed by atoms with Crippen LogP contribution < -0.4 is 0 Å². The first-order chi connectivity index (χ1) is 23.4. The molecule has 0 saturated carbocycles. The summed E-state index contributed by atoms with van der Waals surface area (Å²) in [6.07, 6.45) is 33.1. The average Bonchev–Trinajstić information content (AvgIpc) is 3.06. The minimum Gasteiger partial charge on any atom is -0.343 e. The van der Waals surface area contributed by atoms with Gasteiger partial charge in [-0.15, -0.1) is 0 Å². The number of rotatable bonds is 37. The van der Waals surface area contributed by atoms with Gasteiger partial charge in [0.05, 0.1) is 25.7 Å². The molecule has 284 valence electrons. The lowest BCUT2D eigenvalue weighted by Gasteiger charge is -2.35. The van der Waals surface area contributed by atoms with Crippen LogP contribution in [0, 0.1) is 11.3 Å². The summed E-state index contributed by atoms with van der Waals surface area (Å²) in [6.45, 7) is 16.4. The number of nitriles is 1. The van der Waals surface area contributed by atoms with Crippen molar-refractivity contribution in [3.8, 4) is 6.07 Å². The van der Waals surface area contributed by atoms with Crippen molar-refractivity contribution >= 4 is 14.4 Å². The van der Waals surface area contributed by atoms with Crippen LogP contribution in [0.2, 0.25) is 0 Å². The Morgan fingerprint density at radius 2 is 0.938 bits per heavy atom. The highest BCUT2D eigenvalue weighted by Crippen LogP contribution is 2.46. The van der Waals surface area contributed by atoms with Gasteiger partial charge in [0, 0.05) is 31.6 Å². The topological polar surface area (TPSA) is 65.8 Å². The molecular formula is C41H82N3O3P. The molecule has 0 spiro atoms. The normalized spacial score (nSPS) is 12.3. The molecule has 0 fully saturated rings. The second-order valence-corrected chi connectivity index (χ2v) is 16.1. The summed E-state index contributed by atoms with van der Waals surface area (Å²) in [5.41, 5.74) is 0. The first-order valence-electron chi connectivity index (χ1n) is 20.9. The van der Waals surface area contributed by atoms with Crippen molar-refractivity contribution in [2.45, 2.75) is 227 Å². The summed E-state index contributed by atoms with van der Waals surface area (Å²) >= 11 is 0. The minimum atomic E-state index is -1.12. The fraction of sp³-hybridized carbons (Fsp3) is 0.951. The van der Waals surface area contributed by atoms with Crippen LogP contribution in [-0.4, -0.2) is 53.9 Å². The van der Waals surface area contributed by atoms with E-state index in [2.05, 4.69) is 57.2 Å². The molecule has 7 heteroatoms. The third-order valence-corrected chi connectivity index (χ3v) is 11.4. The molecule has 0 aliphatic heterocycles. The van der Waals surface area contributed by atoms with E-state index in [1.165, 1.54) is 148 Å². The van der Waals surface area contributed by atoms with Gasteiger partial charge in [0.1, 0.15) is 0 Å². The van der Waals surface area contributed by atoms with E-state index in [1.54, 1.807) is 0 Å². The standard InChI is InChI=1S/C41H82N3O3P/c1-7-9-11-13-15-21-25-29-35-43(36-30-26-22-16-14-12-10-8-2)41(45)33-28-24-20-18-17-19-23-27-31-37-46-48(47-38-32-34-42)44(39(3)4)40(5)6/h39-40H,7-33,35-38H2,1-6H3. The van der Waals surface area contributed by atoms with Gasteiger partial charge in [-0.1, -0.05) is 149 Å². The van der Waals surface area contributed by atoms with Crippen LogP contribution in [0.25, 0.3) is 0 Å². The highest BCUT2D eigenvalue weighted by Gasteiger charge is 2.26. The zero-order chi connectivity index (χ0) is 35.5. The van der Waals surface area contributed by atoms with E-state index >= 15 is 0 Å². The molecule has 0 N–H and O–H groups in total. The third-order valence-electron chi connectivity index (χ3n) is 9.31. The molecule has 48 heavy (non-hydrogen) atoms. The molecule has 0 rings (SSSR count). The molecule has 1 atom stereocenters. The number of carbonyl (C=O) groups is 1. The number of amides is 1. The van der Waals surface area contributed by atoms with E-state index in [1.807, 2.05) is 0 Å². The van der Waals surface area contributed by atoms with Crippen LogP contribution in [0.1, 0.15) is 215 Å². The predicted molar refractivity (Wildman–Crippen MR) is 209 cm³/mol. The van der Waals surface area contributed by atoms with E-state index in [0.717, 1.165) is 39.0 Å². The Bertz CT molecular complexity index is 702. The van der Waals surface area contributed by atoms with Gasteiger partial charge in [0.15, 0.2) is 0 Å². The Morgan fingerprint density at radius 1 is 0.562 bits per heavy atom. The molecule has 1 amide bonds. The molecule has 0 aromatic carbocycles. The van der Waals surface area contributed by atoms with Crippen molar-refractivity contribution < 1.29 is 13.8 Å². The van der Waals surface area contributed by atoms with Gasteiger partial charge in [0.2, 0.25) is 5.91 Å². The first-order valence-corrected chi connectivity index (χ1v) is 22.0. The fourth-order valence-electron chi connectivity index (χ4n) is 6.46. The van der Waals surface area contributed by atoms with E-state index in [4.69, 9.17) is 14.3 Å². The van der Waals surface area contributed by atoms with Gasteiger partial charge in [-0.25, -0.2) is 4.67 Å². The molecule has 0 aromatic rings. The molecule has 0 aromatic heterocycles. The molecule has 0 aliphatic rings. The second-order valence-electron chi connectivity index (χ2n) is 14.6. The minimum absolute atomic E-state index is 0.342. The van der Waals surface area contributed by atoms with Crippen molar-refractivity contribution in [3.63, 3.8) is 0 Å². The molecule has 0 saturated heterocycles. The summed E-state index contributed by atoms with van der Waals surface area (Å²) in [6, 6.07) is 2.85. The first kappa shape index (κ1) is 47.3. The Hall–Kier alpha value is -0.730. The SMILES string of the molecule is CCCCCCCCCCN(CCCCCCCCCC)C(=O)CCCCCCCCCCCOP(OCCC#N)N(C(C)C)C(C)C. The van der Waals surface area contributed by atoms with Crippen LogP contribution >= 0.6 is 8.53 Å². The van der Waals surface area contributed by atoms with Crippen LogP contribution in [-0.2, 0) is 13.8 Å².